The number of aromatic amines is 1. The molecule has 0 aliphatic carbocycles. The molecule has 3 aromatic rings. The number of hydrazine groups is 1. The van der Waals surface area contributed by atoms with Crippen molar-refractivity contribution in [3.63, 3.8) is 0 Å². The van der Waals surface area contributed by atoms with E-state index in [4.69, 9.17) is 0 Å². The Labute approximate surface area is 156 Å². The molecule has 0 spiro atoms. The first-order valence-corrected chi connectivity index (χ1v) is 9.17. The first-order chi connectivity index (χ1) is 13.1. The molecule has 0 saturated carbocycles. The summed E-state index contributed by atoms with van der Waals surface area (Å²) in [6, 6.07) is 4.33. The maximum Gasteiger partial charge on any atom is 0.228 e. The molecule has 4 rings (SSSR count). The Hall–Kier alpha value is -2.78. The summed E-state index contributed by atoms with van der Waals surface area (Å²) in [5.41, 5.74) is 12.0. The molecule has 9 heteroatoms. The monoisotopic (exact) mass is 368 g/mol. The predicted molar refractivity (Wildman–Crippen MR) is 100 cm³/mol. The van der Waals surface area contributed by atoms with Gasteiger partial charge in [0.15, 0.2) is 0 Å². The van der Waals surface area contributed by atoms with Crippen molar-refractivity contribution < 1.29 is 4.79 Å². The summed E-state index contributed by atoms with van der Waals surface area (Å²) in [5.74, 6) is -0.341. The molecule has 27 heavy (non-hydrogen) atoms. The Kier molecular flexibility index (Phi) is 4.63. The summed E-state index contributed by atoms with van der Waals surface area (Å²) in [4.78, 5) is 16.3. The number of carbonyl (C=O) groups is 1. The number of nitrogens with one attached hydrogen (secondary N) is 4. The smallest absolute Gasteiger partial charge is 0.228 e. The van der Waals surface area contributed by atoms with Crippen molar-refractivity contribution in [3.05, 3.63) is 40.8 Å². The maximum absolute atomic E-state index is 12.8. The molecular formula is C18H24N8O. The van der Waals surface area contributed by atoms with Gasteiger partial charge in [-0.25, -0.2) is 10.1 Å². The molecule has 1 amide bonds. The van der Waals surface area contributed by atoms with E-state index in [0.717, 1.165) is 17.5 Å². The fourth-order valence-corrected chi connectivity index (χ4v) is 3.79. The average Bonchev–Trinajstić information content (AvgIpc) is 3.39. The first kappa shape index (κ1) is 17.6. The third-order valence-corrected chi connectivity index (χ3v) is 5.24. The third kappa shape index (κ3) is 3.19. The lowest BCUT2D eigenvalue weighted by molar-refractivity contribution is -0.125. The second-order valence-electron chi connectivity index (χ2n) is 7.01. The van der Waals surface area contributed by atoms with E-state index in [1.54, 1.807) is 4.68 Å². The molecule has 2 atom stereocenters. The van der Waals surface area contributed by atoms with Gasteiger partial charge in [0.1, 0.15) is 12.5 Å². The number of tetrazole rings is 1. The van der Waals surface area contributed by atoms with E-state index in [-0.39, 0.29) is 18.0 Å². The zero-order valence-corrected chi connectivity index (χ0v) is 15.7. The van der Waals surface area contributed by atoms with Crippen molar-refractivity contribution in [2.45, 2.75) is 39.9 Å². The number of amides is 1. The summed E-state index contributed by atoms with van der Waals surface area (Å²) >= 11 is 0. The molecule has 1 aliphatic rings. The van der Waals surface area contributed by atoms with Crippen LogP contribution in [0, 0.1) is 19.8 Å². The molecule has 9 nitrogen and oxygen atoms in total. The Morgan fingerprint density at radius 1 is 1.37 bits per heavy atom. The first-order valence-electron chi connectivity index (χ1n) is 9.17. The number of aromatic nitrogens is 5. The van der Waals surface area contributed by atoms with Crippen LogP contribution in [0.15, 0.2) is 18.5 Å². The highest BCUT2D eigenvalue weighted by atomic mass is 16.2. The number of nitrogens with zero attached hydrogens (tertiary/aromatic N) is 4. The van der Waals surface area contributed by atoms with Crippen molar-refractivity contribution in [2.24, 2.45) is 5.92 Å². The second kappa shape index (κ2) is 7.09. The van der Waals surface area contributed by atoms with Crippen molar-refractivity contribution in [1.82, 2.24) is 41.4 Å². The van der Waals surface area contributed by atoms with Gasteiger partial charge in [-0.1, -0.05) is 18.6 Å². The van der Waals surface area contributed by atoms with E-state index in [1.807, 2.05) is 0 Å². The van der Waals surface area contributed by atoms with E-state index in [2.05, 4.69) is 69.6 Å². The summed E-state index contributed by atoms with van der Waals surface area (Å²) in [6.45, 7) is 7.36. The lowest BCUT2D eigenvalue weighted by Crippen LogP contribution is -2.37. The van der Waals surface area contributed by atoms with E-state index >= 15 is 0 Å². The minimum absolute atomic E-state index is 0.0401. The highest BCUT2D eigenvalue weighted by Gasteiger charge is 2.34. The topological polar surface area (TPSA) is 113 Å². The van der Waals surface area contributed by atoms with Crippen LogP contribution in [0.25, 0.3) is 10.9 Å². The Morgan fingerprint density at radius 3 is 2.96 bits per heavy atom. The highest BCUT2D eigenvalue weighted by Crippen LogP contribution is 2.27. The molecule has 2 unspecified atom stereocenters. The van der Waals surface area contributed by atoms with Gasteiger partial charge < -0.3 is 10.3 Å². The number of H-pyrrole nitrogens is 1. The maximum atomic E-state index is 12.8. The van der Waals surface area contributed by atoms with Crippen molar-refractivity contribution in [1.29, 1.82) is 0 Å². The van der Waals surface area contributed by atoms with E-state index < -0.39 is 0 Å². The van der Waals surface area contributed by atoms with Crippen LogP contribution in [0.2, 0.25) is 0 Å². The SMILES string of the molecule is CCc1[nH]c2c(CNC(=O)C3CNNC3n3cnnn3)cc(C)cc2c1C. The molecule has 1 saturated heterocycles. The molecule has 0 radical (unpaired) electrons. The number of hydrogen-bond acceptors (Lipinski definition) is 6. The predicted octanol–water partition coefficient (Wildman–Crippen LogP) is 0.873. The number of carbonyl (C=O) groups excluding carboxylic acids is 1. The van der Waals surface area contributed by atoms with Crippen LogP contribution in [0.5, 0.6) is 0 Å². The zero-order valence-electron chi connectivity index (χ0n) is 15.7. The van der Waals surface area contributed by atoms with Gasteiger partial charge in [0, 0.05) is 24.2 Å². The Morgan fingerprint density at radius 2 is 2.22 bits per heavy atom. The number of hydrogen-bond donors (Lipinski definition) is 4. The molecule has 0 bridgehead atoms. The van der Waals surface area contributed by atoms with Gasteiger partial charge in [-0.15, -0.1) is 5.10 Å². The molecule has 1 aliphatic heterocycles. The highest BCUT2D eigenvalue weighted by molar-refractivity contribution is 5.88. The number of fused-ring (bicyclic) bond motifs is 1. The molecule has 4 N–H and O–H groups in total. The van der Waals surface area contributed by atoms with E-state index in [0.29, 0.717) is 13.1 Å². The normalized spacial score (nSPS) is 19.7. The van der Waals surface area contributed by atoms with Crippen molar-refractivity contribution in [3.8, 4) is 0 Å². The molecule has 1 fully saturated rings. The minimum Gasteiger partial charge on any atom is -0.358 e. The lowest BCUT2D eigenvalue weighted by Gasteiger charge is -2.17. The van der Waals surface area contributed by atoms with Gasteiger partial charge in [0.2, 0.25) is 5.91 Å². The van der Waals surface area contributed by atoms with Crippen LogP contribution < -0.4 is 16.2 Å². The third-order valence-electron chi connectivity index (χ3n) is 5.24. The molecule has 2 aromatic heterocycles. The zero-order chi connectivity index (χ0) is 19.0. The number of rotatable bonds is 5. The lowest BCUT2D eigenvalue weighted by atomic mass is 10.0. The molecule has 142 valence electrons. The fourth-order valence-electron chi connectivity index (χ4n) is 3.79. The van der Waals surface area contributed by atoms with Gasteiger partial charge in [-0.2, -0.15) is 0 Å². The van der Waals surface area contributed by atoms with E-state index in [9.17, 15) is 4.79 Å². The average molecular weight is 368 g/mol. The molecule has 3 heterocycles. The van der Waals surface area contributed by atoms with Crippen LogP contribution in [-0.2, 0) is 17.8 Å². The largest absolute Gasteiger partial charge is 0.358 e. The summed E-state index contributed by atoms with van der Waals surface area (Å²) in [7, 11) is 0. The summed E-state index contributed by atoms with van der Waals surface area (Å²) in [5, 5.41) is 15.5. The van der Waals surface area contributed by atoms with Crippen LogP contribution in [-0.4, -0.2) is 37.6 Å². The van der Waals surface area contributed by atoms with Crippen molar-refractivity contribution in [2.75, 3.05) is 6.54 Å². The molecular weight excluding hydrogens is 344 g/mol. The number of aryl methyl sites for hydroxylation is 3. The van der Waals surface area contributed by atoms with E-state index in [1.165, 1.54) is 28.5 Å². The fraction of sp³-hybridized carbons (Fsp3) is 0.444. The van der Waals surface area contributed by atoms with Crippen molar-refractivity contribution >= 4 is 16.8 Å². The van der Waals surface area contributed by atoms with Crippen LogP contribution in [0.1, 0.15) is 35.5 Å². The number of benzene rings is 1. The minimum atomic E-state index is -0.308. The second-order valence-corrected chi connectivity index (χ2v) is 7.01. The van der Waals surface area contributed by atoms with Crippen LogP contribution in [0.3, 0.4) is 0 Å². The summed E-state index contributed by atoms with van der Waals surface area (Å²) < 4.78 is 1.55. The quantitative estimate of drug-likeness (QED) is 0.532. The Balaban J connectivity index is 1.54. The summed E-state index contributed by atoms with van der Waals surface area (Å²) in [6.07, 6.45) is 2.15. The van der Waals surface area contributed by atoms with Crippen LogP contribution in [0.4, 0.5) is 0 Å². The van der Waals surface area contributed by atoms with Gasteiger partial charge in [-0.3, -0.25) is 10.2 Å². The van der Waals surface area contributed by atoms with Gasteiger partial charge >= 0.3 is 0 Å². The molecule has 1 aromatic carbocycles. The van der Waals surface area contributed by atoms with Gasteiger partial charge in [0.25, 0.3) is 0 Å². The van der Waals surface area contributed by atoms with Gasteiger partial charge in [0.05, 0.1) is 11.4 Å². The van der Waals surface area contributed by atoms with Gasteiger partial charge in [-0.05, 0) is 47.9 Å². The van der Waals surface area contributed by atoms with Crippen LogP contribution >= 0.6 is 0 Å². The standard InChI is InChI=1S/C18H24N8O/c1-4-15-11(3)13-6-10(2)5-12(16(13)22-15)7-19-18(27)14-8-20-23-17(14)26-9-21-24-25-26/h5-6,9,14,17,20,22-23H,4,7-8H2,1-3H3,(H,19,27). The Bertz CT molecular complexity index is 962.